The number of rotatable bonds is 3. The van der Waals surface area contributed by atoms with Crippen LogP contribution in [0.5, 0.6) is 0 Å². The molecule has 21 heavy (non-hydrogen) atoms. The lowest BCUT2D eigenvalue weighted by atomic mass is 9.86. The fourth-order valence-electron chi connectivity index (χ4n) is 2.08. The Morgan fingerprint density at radius 2 is 1.10 bits per heavy atom. The number of hydrogen-bond donors (Lipinski definition) is 0. The van der Waals surface area contributed by atoms with E-state index in [-0.39, 0.29) is 11.6 Å². The van der Waals surface area contributed by atoms with Crippen LogP contribution in [-0.4, -0.2) is 11.6 Å². The van der Waals surface area contributed by atoms with E-state index in [1.165, 1.54) is 0 Å². The van der Waals surface area contributed by atoms with Crippen LogP contribution in [0.3, 0.4) is 0 Å². The minimum absolute atomic E-state index is 0.0234. The molecule has 0 N–H and O–H groups in total. The largest absolute Gasteiger partial charge is 0.294 e. The molecule has 0 saturated heterocycles. The van der Waals surface area contributed by atoms with Crippen LogP contribution in [0.2, 0.25) is 0 Å². The van der Waals surface area contributed by atoms with Crippen LogP contribution in [0, 0.1) is 12.3 Å². The van der Waals surface area contributed by atoms with Crippen LogP contribution in [-0.2, 0) is 0 Å². The number of aryl methyl sites for hydroxylation is 1. The normalized spacial score (nSPS) is 11.2. The average Bonchev–Trinajstić information content (AvgIpc) is 2.46. The fourth-order valence-corrected chi connectivity index (χ4v) is 2.08. The van der Waals surface area contributed by atoms with Gasteiger partial charge in [-0.05, 0) is 6.92 Å². The number of carbonyl (C=O) groups is 2. The molecule has 2 aromatic rings. The van der Waals surface area contributed by atoms with Gasteiger partial charge >= 0.3 is 0 Å². The number of hydrogen-bond acceptors (Lipinski definition) is 2. The van der Waals surface area contributed by atoms with Gasteiger partial charge in [0, 0.05) is 22.1 Å². The van der Waals surface area contributed by atoms with Gasteiger partial charge in [0.2, 0.25) is 0 Å². The van der Waals surface area contributed by atoms with Crippen LogP contribution >= 0.6 is 0 Å². The molecular formula is C19H20O2. The summed E-state index contributed by atoms with van der Waals surface area (Å²) in [6.07, 6.45) is 0. The SMILES string of the molecule is Cc1ccc(C(=O)c2ccc(C(=O)C(C)(C)C)cc2)cc1. The van der Waals surface area contributed by atoms with Crippen LogP contribution in [0.25, 0.3) is 0 Å². The van der Waals surface area contributed by atoms with Gasteiger partial charge in [-0.25, -0.2) is 0 Å². The Balaban J connectivity index is 2.25. The summed E-state index contributed by atoms with van der Waals surface area (Å²) < 4.78 is 0. The molecule has 0 radical (unpaired) electrons. The highest BCUT2D eigenvalue weighted by atomic mass is 16.1. The summed E-state index contributed by atoms with van der Waals surface area (Å²) >= 11 is 0. The second-order valence-corrected chi connectivity index (χ2v) is 6.35. The molecule has 0 heterocycles. The minimum Gasteiger partial charge on any atom is -0.294 e. The van der Waals surface area contributed by atoms with Gasteiger partial charge in [-0.2, -0.15) is 0 Å². The van der Waals surface area contributed by atoms with Crippen molar-refractivity contribution in [1.29, 1.82) is 0 Å². The zero-order valence-electron chi connectivity index (χ0n) is 12.9. The summed E-state index contributed by atoms with van der Waals surface area (Å²) in [7, 11) is 0. The predicted molar refractivity (Wildman–Crippen MR) is 84.8 cm³/mol. The Hall–Kier alpha value is -2.22. The summed E-state index contributed by atoms with van der Waals surface area (Å²) in [6, 6.07) is 14.4. The second-order valence-electron chi connectivity index (χ2n) is 6.35. The van der Waals surface area contributed by atoms with Gasteiger partial charge in [0.05, 0.1) is 0 Å². The highest BCUT2D eigenvalue weighted by molar-refractivity contribution is 6.09. The van der Waals surface area contributed by atoms with E-state index in [0.29, 0.717) is 16.7 Å². The third kappa shape index (κ3) is 3.46. The first-order valence-corrected chi connectivity index (χ1v) is 7.05. The van der Waals surface area contributed by atoms with E-state index in [2.05, 4.69) is 0 Å². The molecule has 0 aliphatic rings. The Kier molecular flexibility index (Phi) is 4.08. The number of benzene rings is 2. The summed E-state index contributed by atoms with van der Waals surface area (Å²) in [5.41, 5.74) is 2.61. The monoisotopic (exact) mass is 280 g/mol. The van der Waals surface area contributed by atoms with Crippen molar-refractivity contribution in [3.63, 3.8) is 0 Å². The lowest BCUT2D eigenvalue weighted by Crippen LogP contribution is -2.20. The standard InChI is InChI=1S/C19H20O2/c1-13-5-7-14(8-6-13)17(20)15-9-11-16(12-10-15)18(21)19(2,3)4/h5-12H,1-4H3. The van der Waals surface area contributed by atoms with Gasteiger partial charge in [-0.1, -0.05) is 74.9 Å². The van der Waals surface area contributed by atoms with Crippen molar-refractivity contribution in [1.82, 2.24) is 0 Å². The zero-order chi connectivity index (χ0) is 15.6. The van der Waals surface area contributed by atoms with Crippen molar-refractivity contribution in [3.8, 4) is 0 Å². The summed E-state index contributed by atoms with van der Waals surface area (Å²) in [6.45, 7) is 7.66. The van der Waals surface area contributed by atoms with Crippen molar-refractivity contribution in [2.75, 3.05) is 0 Å². The van der Waals surface area contributed by atoms with E-state index >= 15 is 0 Å². The van der Waals surface area contributed by atoms with Crippen molar-refractivity contribution in [2.24, 2.45) is 5.41 Å². The molecule has 0 aliphatic carbocycles. The summed E-state index contributed by atoms with van der Waals surface area (Å²) in [5.74, 6) is 0.0570. The van der Waals surface area contributed by atoms with Gasteiger partial charge in [0.1, 0.15) is 0 Å². The second kappa shape index (κ2) is 5.65. The Bertz CT molecular complexity index is 656. The molecule has 0 amide bonds. The Labute approximate surface area is 125 Å². The fraction of sp³-hybridized carbons (Fsp3) is 0.263. The van der Waals surface area contributed by atoms with Gasteiger partial charge in [0.15, 0.2) is 11.6 Å². The number of carbonyl (C=O) groups excluding carboxylic acids is 2. The average molecular weight is 280 g/mol. The molecule has 0 fully saturated rings. The van der Waals surface area contributed by atoms with E-state index in [4.69, 9.17) is 0 Å². The maximum absolute atomic E-state index is 12.4. The third-order valence-electron chi connectivity index (χ3n) is 3.40. The summed E-state index contributed by atoms with van der Waals surface area (Å²) in [4.78, 5) is 24.5. The molecule has 0 atom stereocenters. The molecule has 0 aromatic heterocycles. The molecule has 0 saturated carbocycles. The van der Waals surface area contributed by atoms with Gasteiger partial charge < -0.3 is 0 Å². The zero-order valence-corrected chi connectivity index (χ0v) is 12.9. The van der Waals surface area contributed by atoms with Gasteiger partial charge in [-0.15, -0.1) is 0 Å². The summed E-state index contributed by atoms with van der Waals surface area (Å²) in [5, 5.41) is 0. The van der Waals surface area contributed by atoms with E-state index < -0.39 is 5.41 Å². The number of Topliss-reactive ketones (excluding diaryl/α,β-unsaturated/α-hetero) is 1. The molecule has 2 rings (SSSR count). The smallest absolute Gasteiger partial charge is 0.193 e. The van der Waals surface area contributed by atoms with E-state index in [0.717, 1.165) is 5.56 Å². The molecule has 2 nitrogen and oxygen atoms in total. The first kappa shape index (κ1) is 15.2. The lowest BCUT2D eigenvalue weighted by molar-refractivity contribution is 0.0857. The molecule has 2 aromatic carbocycles. The predicted octanol–water partition coefficient (Wildman–Crippen LogP) is 4.45. The first-order chi connectivity index (χ1) is 9.79. The van der Waals surface area contributed by atoms with E-state index in [1.54, 1.807) is 24.3 Å². The maximum atomic E-state index is 12.4. The van der Waals surface area contributed by atoms with Crippen LogP contribution in [0.4, 0.5) is 0 Å². The highest BCUT2D eigenvalue weighted by Gasteiger charge is 2.22. The van der Waals surface area contributed by atoms with Crippen molar-refractivity contribution < 1.29 is 9.59 Å². The Morgan fingerprint density at radius 3 is 1.52 bits per heavy atom. The number of ketones is 2. The molecule has 2 heteroatoms. The van der Waals surface area contributed by atoms with Gasteiger partial charge in [-0.3, -0.25) is 9.59 Å². The Morgan fingerprint density at radius 1 is 0.714 bits per heavy atom. The van der Waals surface area contributed by atoms with Crippen molar-refractivity contribution in [2.45, 2.75) is 27.7 Å². The van der Waals surface area contributed by atoms with E-state index in [9.17, 15) is 9.59 Å². The van der Waals surface area contributed by atoms with Gasteiger partial charge in [0.25, 0.3) is 0 Å². The molecule has 108 valence electrons. The van der Waals surface area contributed by atoms with Crippen molar-refractivity contribution >= 4 is 11.6 Å². The third-order valence-corrected chi connectivity index (χ3v) is 3.40. The lowest BCUT2D eigenvalue weighted by Gasteiger charge is -2.16. The maximum Gasteiger partial charge on any atom is 0.193 e. The highest BCUT2D eigenvalue weighted by Crippen LogP contribution is 2.21. The molecule has 0 aliphatic heterocycles. The topological polar surface area (TPSA) is 34.1 Å². The molecule has 0 spiro atoms. The molecule has 0 bridgehead atoms. The first-order valence-electron chi connectivity index (χ1n) is 7.05. The van der Waals surface area contributed by atoms with Crippen LogP contribution < -0.4 is 0 Å². The minimum atomic E-state index is -0.414. The van der Waals surface area contributed by atoms with Crippen LogP contribution in [0.1, 0.15) is 52.6 Å². The van der Waals surface area contributed by atoms with Crippen molar-refractivity contribution in [3.05, 3.63) is 70.8 Å². The van der Waals surface area contributed by atoms with E-state index in [1.807, 2.05) is 52.0 Å². The molecular weight excluding hydrogens is 260 g/mol. The quantitative estimate of drug-likeness (QED) is 0.778. The molecule has 0 unspecified atom stereocenters. The van der Waals surface area contributed by atoms with Crippen LogP contribution in [0.15, 0.2) is 48.5 Å².